The van der Waals surface area contributed by atoms with Gasteiger partial charge in [0.15, 0.2) is 17.4 Å². The lowest BCUT2D eigenvalue weighted by Crippen LogP contribution is -2.08. The normalized spacial score (nSPS) is 10.7. The van der Waals surface area contributed by atoms with Crippen molar-refractivity contribution < 1.29 is 23.0 Å². The van der Waals surface area contributed by atoms with Gasteiger partial charge in [-0.3, -0.25) is 4.79 Å². The predicted molar refractivity (Wildman–Crippen MR) is 97.0 cm³/mol. The number of halogens is 2. The third-order valence-electron chi connectivity index (χ3n) is 3.97. The van der Waals surface area contributed by atoms with Crippen LogP contribution in [0.4, 0.5) is 8.78 Å². The molecule has 0 saturated heterocycles. The molecule has 146 valence electrons. The molecular formula is C20H19F2N3O3. The van der Waals surface area contributed by atoms with E-state index in [9.17, 15) is 13.6 Å². The minimum absolute atomic E-state index is 0.0505. The second-order valence-corrected chi connectivity index (χ2v) is 5.95. The van der Waals surface area contributed by atoms with Crippen molar-refractivity contribution in [3.8, 4) is 11.4 Å². The van der Waals surface area contributed by atoms with Gasteiger partial charge in [-0.05, 0) is 43.2 Å². The van der Waals surface area contributed by atoms with Crippen LogP contribution in [0.2, 0.25) is 0 Å². The van der Waals surface area contributed by atoms with Crippen molar-refractivity contribution in [1.82, 2.24) is 15.0 Å². The molecule has 0 amide bonds. The van der Waals surface area contributed by atoms with Crippen molar-refractivity contribution in [2.45, 2.75) is 26.4 Å². The molecule has 0 aliphatic carbocycles. The molecule has 0 spiro atoms. The molecule has 28 heavy (non-hydrogen) atoms. The molecule has 0 unspecified atom stereocenters. The van der Waals surface area contributed by atoms with E-state index in [1.54, 1.807) is 6.92 Å². The highest BCUT2D eigenvalue weighted by molar-refractivity contribution is 5.69. The molecule has 0 bridgehead atoms. The summed E-state index contributed by atoms with van der Waals surface area (Å²) in [5.74, 6) is -2.57. The van der Waals surface area contributed by atoms with Crippen LogP contribution in [-0.4, -0.2) is 27.6 Å². The number of rotatable bonds is 8. The summed E-state index contributed by atoms with van der Waals surface area (Å²) in [5, 5.41) is 7.80. The fraction of sp³-hybridized carbons (Fsp3) is 0.250. The first-order chi connectivity index (χ1) is 13.6. The van der Waals surface area contributed by atoms with E-state index in [-0.39, 0.29) is 26.1 Å². The van der Waals surface area contributed by atoms with E-state index in [4.69, 9.17) is 9.47 Å². The molecular weight excluding hydrogens is 368 g/mol. The molecule has 0 saturated carbocycles. The molecule has 0 aliphatic heterocycles. The monoisotopic (exact) mass is 387 g/mol. The highest BCUT2D eigenvalue weighted by atomic mass is 19.1. The van der Waals surface area contributed by atoms with Crippen LogP contribution >= 0.6 is 0 Å². The molecule has 3 aromatic rings. The maximum atomic E-state index is 14.3. The number of benzene rings is 2. The molecule has 0 radical (unpaired) electrons. The lowest BCUT2D eigenvalue weighted by Gasteiger charge is -2.11. The summed E-state index contributed by atoms with van der Waals surface area (Å²) in [7, 11) is 0. The molecule has 0 N–H and O–H groups in total. The number of aromatic nitrogens is 3. The Balaban J connectivity index is 1.69. The Morgan fingerprint density at radius 3 is 2.54 bits per heavy atom. The van der Waals surface area contributed by atoms with E-state index in [2.05, 4.69) is 10.3 Å². The second kappa shape index (κ2) is 9.07. The van der Waals surface area contributed by atoms with Gasteiger partial charge in [0, 0.05) is 6.42 Å². The van der Waals surface area contributed by atoms with Crippen LogP contribution in [0.1, 0.15) is 24.6 Å². The van der Waals surface area contributed by atoms with Crippen molar-refractivity contribution in [3.05, 3.63) is 71.6 Å². The van der Waals surface area contributed by atoms with E-state index in [0.29, 0.717) is 11.3 Å². The summed E-state index contributed by atoms with van der Waals surface area (Å²) in [6.07, 6.45) is 1.70. The van der Waals surface area contributed by atoms with Crippen molar-refractivity contribution in [3.63, 3.8) is 0 Å². The Bertz CT molecular complexity index is 922. The van der Waals surface area contributed by atoms with Gasteiger partial charge in [0.2, 0.25) is 0 Å². The largest absolute Gasteiger partial charge is 0.481 e. The minimum Gasteiger partial charge on any atom is -0.481 e. The van der Waals surface area contributed by atoms with Gasteiger partial charge >= 0.3 is 5.97 Å². The van der Waals surface area contributed by atoms with Gasteiger partial charge in [0.05, 0.1) is 18.5 Å². The molecule has 8 heteroatoms. The summed E-state index contributed by atoms with van der Waals surface area (Å²) in [6.45, 7) is 1.85. The highest BCUT2D eigenvalue weighted by Crippen LogP contribution is 2.25. The number of carbonyl (C=O) groups excluding carboxylic acids is 1. The first kappa shape index (κ1) is 19.5. The maximum Gasteiger partial charge on any atom is 0.306 e. The fourth-order valence-corrected chi connectivity index (χ4v) is 2.66. The Morgan fingerprint density at radius 2 is 1.86 bits per heavy atom. The summed E-state index contributed by atoms with van der Waals surface area (Å²) in [4.78, 5) is 11.4. The number of ether oxygens (including phenoxy) is 2. The Labute approximate surface area is 160 Å². The number of esters is 1. The fourth-order valence-electron chi connectivity index (χ4n) is 2.66. The van der Waals surface area contributed by atoms with Crippen molar-refractivity contribution in [1.29, 1.82) is 0 Å². The van der Waals surface area contributed by atoms with Gasteiger partial charge in [0.25, 0.3) is 0 Å². The summed E-state index contributed by atoms with van der Waals surface area (Å²) < 4.78 is 40.3. The van der Waals surface area contributed by atoms with E-state index in [1.807, 2.05) is 30.3 Å². The van der Waals surface area contributed by atoms with Crippen LogP contribution in [0.3, 0.4) is 0 Å². The van der Waals surface area contributed by atoms with Gasteiger partial charge in [-0.1, -0.05) is 23.4 Å². The number of hydrogen-bond donors (Lipinski definition) is 0. The van der Waals surface area contributed by atoms with Gasteiger partial charge in [0.1, 0.15) is 12.3 Å². The van der Waals surface area contributed by atoms with Crippen molar-refractivity contribution >= 4 is 5.97 Å². The lowest BCUT2D eigenvalue weighted by atomic mass is 10.1. The summed E-state index contributed by atoms with van der Waals surface area (Å²) >= 11 is 0. The molecule has 0 fully saturated rings. The summed E-state index contributed by atoms with van der Waals surface area (Å²) in [6, 6.07) is 11.5. The number of aryl methyl sites for hydroxylation is 1. The quantitative estimate of drug-likeness (QED) is 0.553. The zero-order chi connectivity index (χ0) is 19.9. The van der Waals surface area contributed by atoms with Crippen molar-refractivity contribution in [2.75, 3.05) is 6.61 Å². The third-order valence-corrected chi connectivity index (χ3v) is 3.97. The second-order valence-electron chi connectivity index (χ2n) is 5.95. The van der Waals surface area contributed by atoms with E-state index in [0.717, 1.165) is 17.8 Å². The van der Waals surface area contributed by atoms with Crippen LogP contribution in [0.15, 0.2) is 48.7 Å². The zero-order valence-corrected chi connectivity index (χ0v) is 15.3. The first-order valence-electron chi connectivity index (χ1n) is 8.79. The van der Waals surface area contributed by atoms with Crippen molar-refractivity contribution in [2.24, 2.45) is 0 Å². The van der Waals surface area contributed by atoms with E-state index >= 15 is 0 Å². The average Bonchev–Trinajstić information content (AvgIpc) is 3.15. The molecule has 0 atom stereocenters. The zero-order valence-electron chi connectivity index (χ0n) is 15.3. The van der Waals surface area contributed by atoms with Crippen LogP contribution in [0, 0.1) is 11.6 Å². The molecule has 0 aliphatic rings. The van der Waals surface area contributed by atoms with Crippen LogP contribution < -0.4 is 4.74 Å². The highest BCUT2D eigenvalue weighted by Gasteiger charge is 2.15. The van der Waals surface area contributed by atoms with Crippen LogP contribution in [0.5, 0.6) is 5.75 Å². The maximum absolute atomic E-state index is 14.3. The molecule has 6 nitrogen and oxygen atoms in total. The van der Waals surface area contributed by atoms with Gasteiger partial charge < -0.3 is 9.47 Å². The van der Waals surface area contributed by atoms with E-state index in [1.165, 1.54) is 10.9 Å². The minimum atomic E-state index is -0.836. The Kier molecular flexibility index (Phi) is 6.31. The molecule has 3 rings (SSSR count). The standard InChI is InChI=1S/C20H19F2N3O3/c1-2-27-19(26)9-8-14-10-17(21)20(18(22)11-14)28-13-16-12-23-24-25(16)15-6-4-3-5-7-15/h3-7,10-12H,2,8-9,13H2,1H3. The van der Waals surface area contributed by atoms with Gasteiger partial charge in [-0.2, -0.15) is 0 Å². The number of carbonyl (C=O) groups is 1. The molecule has 1 heterocycles. The number of hydrogen-bond acceptors (Lipinski definition) is 5. The molecule has 1 aromatic heterocycles. The number of para-hydroxylation sites is 1. The topological polar surface area (TPSA) is 66.2 Å². The third kappa shape index (κ3) is 4.70. The van der Waals surface area contributed by atoms with Crippen LogP contribution in [-0.2, 0) is 22.6 Å². The molecule has 2 aromatic carbocycles. The SMILES string of the molecule is CCOC(=O)CCc1cc(F)c(OCc2cnnn2-c2ccccc2)c(F)c1. The smallest absolute Gasteiger partial charge is 0.306 e. The average molecular weight is 387 g/mol. The Morgan fingerprint density at radius 1 is 1.14 bits per heavy atom. The van der Waals surface area contributed by atoms with Gasteiger partial charge in [-0.25, -0.2) is 13.5 Å². The summed E-state index contributed by atoms with van der Waals surface area (Å²) in [5.41, 5.74) is 1.65. The van der Waals surface area contributed by atoms with E-state index < -0.39 is 23.4 Å². The first-order valence-corrected chi connectivity index (χ1v) is 8.79. The number of nitrogens with zero attached hydrogens (tertiary/aromatic N) is 3. The van der Waals surface area contributed by atoms with Gasteiger partial charge in [-0.15, -0.1) is 5.10 Å². The Hall–Kier alpha value is -3.29. The van der Waals surface area contributed by atoms with Crippen LogP contribution in [0.25, 0.3) is 5.69 Å². The lowest BCUT2D eigenvalue weighted by molar-refractivity contribution is -0.143. The predicted octanol–water partition coefficient (Wildman–Crippen LogP) is 3.62.